The Morgan fingerprint density at radius 2 is 2.05 bits per heavy atom. The van der Waals surface area contributed by atoms with Gasteiger partial charge in [-0.1, -0.05) is 0 Å². The van der Waals surface area contributed by atoms with Crippen LogP contribution in [0.25, 0.3) is 0 Å². The van der Waals surface area contributed by atoms with Gasteiger partial charge in [0.2, 0.25) is 0 Å². The third-order valence-electron chi connectivity index (χ3n) is 3.25. The van der Waals surface area contributed by atoms with Crippen LogP contribution in [0, 0.1) is 11.3 Å². The third-order valence-corrected chi connectivity index (χ3v) is 3.25. The zero-order chi connectivity index (χ0) is 15.0. The molecule has 8 nitrogen and oxygen atoms in total. The van der Waals surface area contributed by atoms with E-state index in [9.17, 15) is 9.59 Å². The number of ether oxygens (including phenoxy) is 1. The predicted molar refractivity (Wildman–Crippen MR) is 72.1 cm³/mol. The predicted octanol–water partition coefficient (Wildman–Crippen LogP) is 0.565. The zero-order valence-electron chi connectivity index (χ0n) is 11.2. The lowest BCUT2D eigenvalue weighted by Gasteiger charge is -2.15. The van der Waals surface area contributed by atoms with Crippen LogP contribution in [0.2, 0.25) is 0 Å². The Morgan fingerprint density at radius 1 is 1.33 bits per heavy atom. The molecular formula is C13H11N5O3. The fraction of sp³-hybridized carbons (Fsp3) is 0.231. The number of nitriles is 1. The average Bonchev–Trinajstić information content (AvgIpc) is 2.97. The van der Waals surface area contributed by atoms with Gasteiger partial charge < -0.3 is 4.74 Å². The lowest BCUT2D eigenvalue weighted by molar-refractivity contribution is 0.245. The van der Waals surface area contributed by atoms with Gasteiger partial charge in [0.05, 0.1) is 19.7 Å². The van der Waals surface area contributed by atoms with Gasteiger partial charge in [0, 0.05) is 5.69 Å². The van der Waals surface area contributed by atoms with Crippen LogP contribution in [0.5, 0.6) is 5.75 Å². The van der Waals surface area contributed by atoms with Gasteiger partial charge >= 0.3 is 11.7 Å². The number of aromatic nitrogens is 3. The molecule has 1 amide bonds. The smallest absolute Gasteiger partial charge is 0.365 e. The number of hydrogen-bond acceptors (Lipinski definition) is 5. The first-order valence-corrected chi connectivity index (χ1v) is 6.17. The first kappa shape index (κ1) is 12.9. The van der Waals surface area contributed by atoms with Gasteiger partial charge in [0.1, 0.15) is 12.3 Å². The van der Waals surface area contributed by atoms with Crippen molar-refractivity contribution in [2.45, 2.75) is 13.1 Å². The maximum atomic E-state index is 12.4. The molecule has 8 heteroatoms. The number of fused-ring (bicyclic) bond motifs is 1. The third kappa shape index (κ3) is 1.95. The minimum atomic E-state index is -0.589. The molecule has 3 rings (SSSR count). The number of benzene rings is 1. The molecule has 1 aromatic heterocycles. The maximum absolute atomic E-state index is 12.4. The molecule has 1 aliphatic rings. The molecule has 0 bridgehead atoms. The standard InChI is InChI=1S/C13H11N5O3/c1-21-10-4-2-9(3-5-10)16-8-11-15-12(19)17(7-6-14)18(11)13(16)20/h2-5H,7-8H2,1H3. The van der Waals surface area contributed by atoms with E-state index in [4.69, 9.17) is 10.00 Å². The van der Waals surface area contributed by atoms with E-state index in [0.717, 1.165) is 9.36 Å². The molecule has 0 N–H and O–H groups in total. The number of carbonyl (C=O) groups excluding carboxylic acids is 1. The Kier molecular flexibility index (Phi) is 2.95. The van der Waals surface area contributed by atoms with Crippen LogP contribution in [0.3, 0.4) is 0 Å². The van der Waals surface area contributed by atoms with E-state index in [1.54, 1.807) is 31.4 Å². The van der Waals surface area contributed by atoms with E-state index < -0.39 is 11.7 Å². The van der Waals surface area contributed by atoms with Crippen molar-refractivity contribution in [1.82, 2.24) is 14.3 Å². The SMILES string of the molecule is COc1ccc(N2Cc3nc(=O)n(CC#N)n3C2=O)cc1. The lowest BCUT2D eigenvalue weighted by atomic mass is 10.3. The van der Waals surface area contributed by atoms with Crippen LogP contribution in [-0.4, -0.2) is 27.5 Å². The van der Waals surface area contributed by atoms with Crippen LogP contribution in [0.1, 0.15) is 5.82 Å². The summed E-state index contributed by atoms with van der Waals surface area (Å²) in [4.78, 5) is 29.3. The Balaban J connectivity index is 1.97. The second-order valence-electron chi connectivity index (χ2n) is 4.40. The molecule has 0 saturated carbocycles. The highest BCUT2D eigenvalue weighted by molar-refractivity contribution is 5.95. The largest absolute Gasteiger partial charge is 0.497 e. The van der Waals surface area contributed by atoms with Crippen molar-refractivity contribution in [2.75, 3.05) is 12.0 Å². The van der Waals surface area contributed by atoms with E-state index in [1.807, 2.05) is 6.07 Å². The van der Waals surface area contributed by atoms with Crippen LogP contribution < -0.4 is 15.3 Å². The number of hydrogen-bond donors (Lipinski definition) is 0. The molecule has 1 aromatic carbocycles. The summed E-state index contributed by atoms with van der Waals surface area (Å²) in [5.74, 6) is 1.01. The van der Waals surface area contributed by atoms with Crippen molar-refractivity contribution in [1.29, 1.82) is 5.26 Å². The van der Waals surface area contributed by atoms with Crippen molar-refractivity contribution < 1.29 is 9.53 Å². The highest BCUT2D eigenvalue weighted by atomic mass is 16.5. The topological polar surface area (TPSA) is 93.2 Å². The van der Waals surface area contributed by atoms with Crippen molar-refractivity contribution >= 4 is 11.7 Å². The minimum Gasteiger partial charge on any atom is -0.497 e. The molecule has 2 heterocycles. The van der Waals surface area contributed by atoms with Crippen molar-refractivity contribution in [2.24, 2.45) is 0 Å². The summed E-state index contributed by atoms with van der Waals surface area (Å²) in [6.45, 7) is -0.0210. The lowest BCUT2D eigenvalue weighted by Crippen LogP contribution is -2.33. The molecular weight excluding hydrogens is 274 g/mol. The van der Waals surface area contributed by atoms with Crippen LogP contribution in [-0.2, 0) is 13.1 Å². The molecule has 0 spiro atoms. The summed E-state index contributed by atoms with van der Waals surface area (Å²) >= 11 is 0. The van der Waals surface area contributed by atoms with E-state index in [1.165, 1.54) is 4.90 Å². The van der Waals surface area contributed by atoms with Crippen molar-refractivity contribution in [3.8, 4) is 11.8 Å². The molecule has 0 aliphatic carbocycles. The number of methoxy groups -OCH3 is 1. The molecule has 0 saturated heterocycles. The van der Waals surface area contributed by atoms with E-state index in [0.29, 0.717) is 17.3 Å². The Labute approximate surface area is 119 Å². The van der Waals surface area contributed by atoms with Gasteiger partial charge in [-0.3, -0.25) is 4.90 Å². The van der Waals surface area contributed by atoms with Gasteiger partial charge in [-0.15, -0.1) is 0 Å². The van der Waals surface area contributed by atoms with Crippen LogP contribution in [0.4, 0.5) is 10.5 Å². The average molecular weight is 285 g/mol. The molecule has 106 valence electrons. The van der Waals surface area contributed by atoms with Crippen LogP contribution in [0.15, 0.2) is 29.1 Å². The van der Waals surface area contributed by atoms with Gasteiger partial charge in [0.15, 0.2) is 5.82 Å². The monoisotopic (exact) mass is 285 g/mol. The van der Waals surface area contributed by atoms with Crippen molar-refractivity contribution in [3.63, 3.8) is 0 Å². The molecule has 0 atom stereocenters. The summed E-state index contributed by atoms with van der Waals surface area (Å²) < 4.78 is 7.25. The van der Waals surface area contributed by atoms with Gasteiger partial charge in [-0.2, -0.15) is 14.9 Å². The van der Waals surface area contributed by atoms with Gasteiger partial charge in [0.25, 0.3) is 0 Å². The summed E-state index contributed by atoms with van der Waals surface area (Å²) in [7, 11) is 1.56. The summed E-state index contributed by atoms with van der Waals surface area (Å²) in [6, 6.07) is 8.42. The molecule has 0 fully saturated rings. The fourth-order valence-corrected chi connectivity index (χ4v) is 2.25. The normalized spacial score (nSPS) is 13.1. The number of amides is 1. The Bertz CT molecular complexity index is 797. The second-order valence-corrected chi connectivity index (χ2v) is 4.40. The molecule has 1 aliphatic heterocycles. The molecule has 0 radical (unpaired) electrons. The highest BCUT2D eigenvalue weighted by Crippen LogP contribution is 2.24. The molecule has 21 heavy (non-hydrogen) atoms. The Hall–Kier alpha value is -3.08. The number of rotatable bonds is 3. The first-order chi connectivity index (χ1) is 10.2. The molecule has 0 unspecified atom stereocenters. The van der Waals surface area contributed by atoms with Gasteiger partial charge in [-0.25, -0.2) is 14.3 Å². The van der Waals surface area contributed by atoms with Gasteiger partial charge in [-0.05, 0) is 24.3 Å². The summed E-state index contributed by atoms with van der Waals surface area (Å²) in [5.41, 5.74) is 0.0801. The van der Waals surface area contributed by atoms with E-state index in [-0.39, 0.29) is 13.1 Å². The maximum Gasteiger partial charge on any atom is 0.365 e. The quantitative estimate of drug-likeness (QED) is 0.821. The minimum absolute atomic E-state index is 0.193. The summed E-state index contributed by atoms with van der Waals surface area (Å²) in [5, 5.41) is 8.73. The van der Waals surface area contributed by atoms with Crippen LogP contribution >= 0.6 is 0 Å². The fourth-order valence-electron chi connectivity index (χ4n) is 2.25. The van der Waals surface area contributed by atoms with Crippen molar-refractivity contribution in [3.05, 3.63) is 40.6 Å². The molecule has 2 aromatic rings. The highest BCUT2D eigenvalue weighted by Gasteiger charge is 2.33. The Morgan fingerprint density at radius 3 is 2.67 bits per heavy atom. The first-order valence-electron chi connectivity index (χ1n) is 6.17. The number of carbonyl (C=O) groups is 1. The van der Waals surface area contributed by atoms with E-state index in [2.05, 4.69) is 4.98 Å². The zero-order valence-corrected chi connectivity index (χ0v) is 11.2. The summed E-state index contributed by atoms with van der Waals surface area (Å²) in [6.07, 6.45) is 0. The number of anilines is 1. The second kappa shape index (κ2) is 4.79. The number of nitrogens with zero attached hydrogens (tertiary/aromatic N) is 5. The van der Waals surface area contributed by atoms with E-state index >= 15 is 0 Å².